The first-order valence-electron chi connectivity index (χ1n) is 19.6. The maximum Gasteiger partial charge on any atom is 0.382 e. The molecule has 70 heavy (non-hydrogen) atoms. The summed E-state index contributed by atoms with van der Waals surface area (Å²) in [5.41, 5.74) is 50.3. The van der Waals surface area contributed by atoms with Gasteiger partial charge in [-0.05, 0) is 28.1 Å². The summed E-state index contributed by atoms with van der Waals surface area (Å²) in [7, 11) is 3.66. The fourth-order valence-corrected chi connectivity index (χ4v) is 6.00. The van der Waals surface area contributed by atoms with E-state index in [0.29, 0.717) is 5.56 Å². The van der Waals surface area contributed by atoms with Crippen LogP contribution in [-0.4, -0.2) is 114 Å². The molecule has 6 unspecified atom stereocenters. The number of guanidine groups is 4. The van der Waals surface area contributed by atoms with Gasteiger partial charge >= 0.3 is 5.69 Å². The van der Waals surface area contributed by atoms with Gasteiger partial charge in [0.05, 0.1) is 0 Å². The van der Waals surface area contributed by atoms with E-state index in [9.17, 15) is 33.9 Å². The monoisotopic (exact) mass is 1030 g/mol. The number of aliphatic hydroxyl groups excluding tert-OH is 1. The van der Waals surface area contributed by atoms with Crippen molar-refractivity contribution < 1.29 is 33.9 Å². The molecule has 24 N–H and O–H groups in total. The number of amides is 6. The van der Waals surface area contributed by atoms with Gasteiger partial charge in [0.15, 0.2) is 23.8 Å². The van der Waals surface area contributed by atoms with Crippen molar-refractivity contribution in [2.75, 3.05) is 23.9 Å². The molecule has 0 fully saturated rings. The van der Waals surface area contributed by atoms with Crippen molar-refractivity contribution in [2.24, 2.45) is 71.6 Å². The van der Waals surface area contributed by atoms with Crippen LogP contribution in [0.3, 0.4) is 0 Å². The van der Waals surface area contributed by atoms with Crippen LogP contribution < -0.4 is 88.0 Å². The van der Waals surface area contributed by atoms with E-state index in [1.54, 1.807) is 30.3 Å². The number of nitrogens with one attached hydrogen (secondary N) is 5. The van der Waals surface area contributed by atoms with Crippen molar-refractivity contribution in [3.05, 3.63) is 88.4 Å². The van der Waals surface area contributed by atoms with E-state index in [1.807, 2.05) is 29.6 Å². The zero-order valence-electron chi connectivity index (χ0n) is 36.9. The number of benzene rings is 2. The number of aromatic nitrogens is 1. The number of carbonyl (C=O) groups excluding carboxylic acids is 6. The van der Waals surface area contributed by atoms with Crippen LogP contribution in [0.25, 0.3) is 4.85 Å². The van der Waals surface area contributed by atoms with E-state index in [4.69, 9.17) is 93.0 Å². The first-order chi connectivity index (χ1) is 32.7. The SMILES string of the molecule is C#[N+]c1cc(C(Cl)(Cl)Cl)cnc1N(Cc1ccc(N(C)C)cc1)C(O)C(=O)NC(C(=O)NC(N=C(N)N)C(=O)NC(N=C(N)N)C(=O)NC(N=C(N)N)C(=O)NC(N=C(N)N)C(N)=O)c1ccccc1. The minimum atomic E-state index is -2.17. The number of hydrogen-bond acceptors (Lipinski definition) is 14. The molecule has 29 nitrogen and oxygen atoms in total. The van der Waals surface area contributed by atoms with Crippen LogP contribution in [0.1, 0.15) is 22.7 Å². The van der Waals surface area contributed by atoms with Gasteiger partial charge in [-0.25, -0.2) is 25.0 Å². The third-order valence-corrected chi connectivity index (χ3v) is 9.50. The molecule has 0 bridgehead atoms. The highest BCUT2D eigenvalue weighted by atomic mass is 35.6. The first-order valence-corrected chi connectivity index (χ1v) is 20.8. The molecule has 0 spiro atoms. The second kappa shape index (κ2) is 25.0. The van der Waals surface area contributed by atoms with E-state index in [2.05, 4.69) is 45.7 Å². The normalized spacial score (nSPS) is 13.3. The van der Waals surface area contributed by atoms with Gasteiger partial charge in [-0.3, -0.25) is 28.8 Å². The summed E-state index contributed by atoms with van der Waals surface area (Å²) >= 11 is 18.2. The molecule has 0 aliphatic heterocycles. The lowest BCUT2D eigenvalue weighted by Gasteiger charge is -2.29. The Morgan fingerprint density at radius 1 is 0.671 bits per heavy atom. The molecule has 0 saturated carbocycles. The molecule has 0 saturated heterocycles. The third-order valence-electron chi connectivity index (χ3n) is 8.85. The number of aliphatic imine (C=N–C) groups is 4. The van der Waals surface area contributed by atoms with Gasteiger partial charge < -0.3 is 93.1 Å². The number of aliphatic hydroxyl groups is 1. The van der Waals surface area contributed by atoms with Crippen molar-refractivity contribution >= 4 is 111 Å². The van der Waals surface area contributed by atoms with Gasteiger partial charge in [-0.2, -0.15) is 0 Å². The maximum absolute atomic E-state index is 14.2. The molecule has 6 atom stereocenters. The Morgan fingerprint density at radius 3 is 1.53 bits per heavy atom. The summed E-state index contributed by atoms with van der Waals surface area (Å²) in [6.45, 7) is 5.50. The highest BCUT2D eigenvalue weighted by Gasteiger charge is 2.37. The predicted octanol–water partition coefficient (Wildman–Crippen LogP) is -4.90. The predicted molar refractivity (Wildman–Crippen MR) is 262 cm³/mol. The molecule has 32 heteroatoms. The quantitative estimate of drug-likeness (QED) is 0.0206. The van der Waals surface area contributed by atoms with Gasteiger partial charge in [0.25, 0.3) is 36.1 Å². The van der Waals surface area contributed by atoms with Gasteiger partial charge in [0.1, 0.15) is 6.04 Å². The Morgan fingerprint density at radius 2 is 1.11 bits per heavy atom. The molecular weight excluding hydrogens is 983 g/mol. The van der Waals surface area contributed by atoms with Crippen LogP contribution in [0.2, 0.25) is 0 Å². The van der Waals surface area contributed by atoms with E-state index < -0.39 is 100 Å². The fourth-order valence-electron chi connectivity index (χ4n) is 5.69. The fraction of sp³-hybridized carbons (Fsp3) is 0.263. The van der Waals surface area contributed by atoms with Crippen LogP contribution in [0.5, 0.6) is 0 Å². The molecule has 3 rings (SSSR count). The Hall–Kier alpha value is -8.59. The Balaban J connectivity index is 2.02. The number of pyridine rings is 1. The lowest BCUT2D eigenvalue weighted by atomic mass is 10.1. The van der Waals surface area contributed by atoms with Crippen molar-refractivity contribution in [1.29, 1.82) is 0 Å². The summed E-state index contributed by atoms with van der Waals surface area (Å²) < 4.78 is -1.97. The number of rotatable bonds is 21. The number of alkyl halides is 3. The number of nitrogens with zero attached hydrogens (tertiary/aromatic N) is 8. The van der Waals surface area contributed by atoms with Gasteiger partial charge in [-0.1, -0.05) is 77.3 Å². The average molecular weight is 1030 g/mol. The Kier molecular flexibility index (Phi) is 19.9. The second-order valence-corrected chi connectivity index (χ2v) is 16.7. The molecule has 2 aromatic carbocycles. The van der Waals surface area contributed by atoms with Crippen LogP contribution in [0.15, 0.2) is 86.8 Å². The minimum Gasteiger partial charge on any atom is -0.378 e. The molecular formula is C38H50Cl3N22O7+. The molecule has 0 aliphatic carbocycles. The zero-order valence-corrected chi connectivity index (χ0v) is 39.2. The first kappa shape index (κ1) is 55.7. The Bertz CT molecular complexity index is 2550. The van der Waals surface area contributed by atoms with Crippen molar-refractivity contribution in [3.63, 3.8) is 0 Å². The molecule has 1 aromatic heterocycles. The van der Waals surface area contributed by atoms with Crippen LogP contribution >= 0.6 is 34.8 Å². The standard InChI is InChI=1S/C38H49Cl3N22O7/c1-51-20-13-18(38(39,40)41)14-52-27(20)63(15-16-9-11-19(12-10-16)62(2)3)33(70)32(69)53-21(17-7-5-4-6-8-17)28(65)55-24(59-35(45)46)30(67)57-26(61-37(49)50)31(68)56-25(60-36(47)48)29(66)54-23(22(42)64)58-34(43)44/h1,4-14,21,23-26,33,70H,15H2,2-3H3,(H22-,42,43,44,45,46,47,48,49,50,53,54,55,56,57,58,59,60,61,64,65,66,67,68,69)/p+1. The van der Waals surface area contributed by atoms with Crippen molar-refractivity contribution in [3.8, 4) is 6.57 Å². The van der Waals surface area contributed by atoms with E-state index >= 15 is 0 Å². The van der Waals surface area contributed by atoms with E-state index in [-0.39, 0.29) is 29.2 Å². The van der Waals surface area contributed by atoms with E-state index in [0.717, 1.165) is 16.8 Å². The summed E-state index contributed by atoms with van der Waals surface area (Å²) in [5.74, 6) is -10.9. The molecule has 3 aromatic rings. The third kappa shape index (κ3) is 16.6. The van der Waals surface area contributed by atoms with Crippen LogP contribution in [0.4, 0.5) is 17.2 Å². The van der Waals surface area contributed by atoms with Crippen LogP contribution in [0, 0.1) is 6.57 Å². The summed E-state index contributed by atoms with van der Waals surface area (Å²) in [4.78, 5) is 106. The number of nitrogens with two attached hydrogens (primary N) is 9. The molecule has 0 radical (unpaired) electrons. The lowest BCUT2D eigenvalue weighted by molar-refractivity contribution is -0.136. The zero-order chi connectivity index (χ0) is 52.6. The van der Waals surface area contributed by atoms with Crippen LogP contribution in [-0.2, 0) is 39.1 Å². The maximum atomic E-state index is 14.2. The number of hydrogen-bond donors (Lipinski definition) is 15. The molecule has 374 valence electrons. The number of halogens is 3. The van der Waals surface area contributed by atoms with Gasteiger partial charge in [0, 0.05) is 44.2 Å². The largest absolute Gasteiger partial charge is 0.382 e. The highest BCUT2D eigenvalue weighted by Crippen LogP contribution is 2.41. The topological polar surface area (TPSA) is 490 Å². The molecule has 1 heterocycles. The van der Waals surface area contributed by atoms with Gasteiger partial charge in [0.2, 0.25) is 46.4 Å². The lowest BCUT2D eigenvalue weighted by Crippen LogP contribution is -2.58. The minimum absolute atomic E-state index is 0.0448. The Labute approximate surface area is 413 Å². The number of carbonyl (C=O) groups is 6. The summed E-state index contributed by atoms with van der Waals surface area (Å²) in [6, 6.07) is 14.0. The number of primary amides is 1. The van der Waals surface area contributed by atoms with Crippen molar-refractivity contribution in [2.45, 2.75) is 47.3 Å². The highest BCUT2D eigenvalue weighted by molar-refractivity contribution is 6.66. The molecule has 6 amide bonds. The average Bonchev–Trinajstić information content (AvgIpc) is 3.27. The number of anilines is 2. The van der Waals surface area contributed by atoms with Crippen molar-refractivity contribution in [1.82, 2.24) is 31.6 Å². The van der Waals surface area contributed by atoms with E-state index in [1.165, 1.54) is 30.3 Å². The smallest absolute Gasteiger partial charge is 0.378 e. The summed E-state index contributed by atoms with van der Waals surface area (Å²) in [6.07, 6.45) is -9.28. The second-order valence-electron chi connectivity index (χ2n) is 14.4. The molecule has 0 aliphatic rings. The van der Waals surface area contributed by atoms with Gasteiger partial charge in [-0.15, -0.1) is 0 Å². The summed E-state index contributed by atoms with van der Waals surface area (Å²) in [5, 5.41) is 22.6.